The third-order valence-corrected chi connectivity index (χ3v) is 3.57. The monoisotopic (exact) mass is 291 g/mol. The maximum Gasteiger partial charge on any atom is 0.0716 e. The van der Waals surface area contributed by atoms with Gasteiger partial charge in [0.15, 0.2) is 0 Å². The summed E-state index contributed by atoms with van der Waals surface area (Å²) in [6, 6.07) is 8.77. The average molecular weight is 291 g/mol. The van der Waals surface area contributed by atoms with E-state index in [4.69, 9.17) is 4.74 Å². The summed E-state index contributed by atoms with van der Waals surface area (Å²) in [5.41, 5.74) is 2.62. The lowest BCUT2D eigenvalue weighted by Gasteiger charge is -2.08. The van der Waals surface area contributed by atoms with Crippen LogP contribution in [-0.4, -0.2) is 13.2 Å². The molecule has 1 aromatic rings. The Hall–Kier alpha value is -0.860. The Morgan fingerprint density at radius 2 is 1.62 bits per heavy atom. The van der Waals surface area contributed by atoms with Gasteiger partial charge in [-0.3, -0.25) is 0 Å². The van der Waals surface area contributed by atoms with Crippen molar-refractivity contribution in [2.45, 2.75) is 66.0 Å². The first-order chi connectivity index (χ1) is 10.2. The van der Waals surface area contributed by atoms with Crippen LogP contribution in [0.5, 0.6) is 0 Å². The van der Waals surface area contributed by atoms with E-state index in [1.807, 2.05) is 0 Å². The summed E-state index contributed by atoms with van der Waals surface area (Å²) < 4.78 is 5.74. The van der Waals surface area contributed by atoms with E-state index in [0.29, 0.717) is 5.92 Å². The maximum atomic E-state index is 5.74. The fourth-order valence-electron chi connectivity index (χ4n) is 2.26. The molecule has 0 aliphatic carbocycles. The molecular formula is C19H33NO. The summed E-state index contributed by atoms with van der Waals surface area (Å²) in [4.78, 5) is 0. The van der Waals surface area contributed by atoms with Crippen molar-refractivity contribution in [2.24, 2.45) is 5.92 Å². The van der Waals surface area contributed by atoms with Crippen molar-refractivity contribution >= 4 is 0 Å². The van der Waals surface area contributed by atoms with Crippen LogP contribution in [0.2, 0.25) is 0 Å². The lowest BCUT2D eigenvalue weighted by Crippen LogP contribution is -2.18. The fraction of sp³-hybridized carbons (Fsp3) is 0.684. The lowest BCUT2D eigenvalue weighted by molar-refractivity contribution is 0.116. The van der Waals surface area contributed by atoms with Gasteiger partial charge in [-0.2, -0.15) is 0 Å². The number of ether oxygens (including phenoxy) is 1. The molecule has 0 fully saturated rings. The summed E-state index contributed by atoms with van der Waals surface area (Å²) in [7, 11) is 0. The molecule has 0 aliphatic heterocycles. The highest BCUT2D eigenvalue weighted by atomic mass is 16.5. The number of hydrogen-bond acceptors (Lipinski definition) is 2. The van der Waals surface area contributed by atoms with Crippen molar-refractivity contribution in [1.82, 2.24) is 5.32 Å². The molecule has 0 spiro atoms. The molecular weight excluding hydrogens is 258 g/mol. The van der Waals surface area contributed by atoms with Crippen LogP contribution in [0, 0.1) is 5.92 Å². The van der Waals surface area contributed by atoms with Crippen LogP contribution in [-0.2, 0) is 17.9 Å². The number of rotatable bonds is 12. The van der Waals surface area contributed by atoms with Crippen molar-refractivity contribution in [1.29, 1.82) is 0 Å². The highest BCUT2D eigenvalue weighted by Gasteiger charge is 1.97. The second-order valence-corrected chi connectivity index (χ2v) is 6.31. The molecule has 0 saturated heterocycles. The van der Waals surface area contributed by atoms with E-state index in [-0.39, 0.29) is 0 Å². The molecule has 0 atom stereocenters. The van der Waals surface area contributed by atoms with E-state index < -0.39 is 0 Å². The molecule has 1 N–H and O–H groups in total. The molecule has 0 amide bonds. The minimum Gasteiger partial charge on any atom is -0.377 e. The van der Waals surface area contributed by atoms with E-state index in [9.17, 15) is 0 Å². The Kier molecular flexibility index (Phi) is 10.2. The van der Waals surface area contributed by atoms with Gasteiger partial charge in [0.25, 0.3) is 0 Å². The second-order valence-electron chi connectivity index (χ2n) is 6.31. The van der Waals surface area contributed by atoms with E-state index in [0.717, 1.165) is 26.3 Å². The zero-order chi connectivity index (χ0) is 15.3. The van der Waals surface area contributed by atoms with Crippen LogP contribution in [0.1, 0.15) is 64.0 Å². The summed E-state index contributed by atoms with van der Waals surface area (Å²) in [6.07, 6.45) is 6.50. The van der Waals surface area contributed by atoms with E-state index in [2.05, 4.69) is 50.4 Å². The molecule has 2 nitrogen and oxygen atoms in total. The molecule has 0 heterocycles. The summed E-state index contributed by atoms with van der Waals surface area (Å²) in [6.45, 7) is 10.4. The van der Waals surface area contributed by atoms with E-state index in [1.165, 1.54) is 43.2 Å². The molecule has 1 rings (SSSR count). The fourth-order valence-corrected chi connectivity index (χ4v) is 2.26. The van der Waals surface area contributed by atoms with Gasteiger partial charge in [0, 0.05) is 13.2 Å². The quantitative estimate of drug-likeness (QED) is 0.552. The predicted molar refractivity (Wildman–Crippen MR) is 91.4 cm³/mol. The first-order valence-corrected chi connectivity index (χ1v) is 8.58. The smallest absolute Gasteiger partial charge is 0.0716 e. The molecule has 120 valence electrons. The van der Waals surface area contributed by atoms with Gasteiger partial charge in [0.1, 0.15) is 0 Å². The van der Waals surface area contributed by atoms with E-state index in [1.54, 1.807) is 0 Å². The number of unbranched alkanes of at least 4 members (excludes halogenated alkanes) is 4. The minimum atomic E-state index is 0.704. The second kappa shape index (κ2) is 11.8. The Bertz CT molecular complexity index is 345. The van der Waals surface area contributed by atoms with Crippen molar-refractivity contribution in [3.8, 4) is 0 Å². The van der Waals surface area contributed by atoms with Crippen molar-refractivity contribution in [2.75, 3.05) is 13.2 Å². The zero-order valence-electron chi connectivity index (χ0n) is 14.2. The Balaban J connectivity index is 2.10. The van der Waals surface area contributed by atoms with Gasteiger partial charge in [0.2, 0.25) is 0 Å². The Morgan fingerprint density at radius 3 is 2.29 bits per heavy atom. The van der Waals surface area contributed by atoms with Gasteiger partial charge in [-0.15, -0.1) is 0 Å². The number of benzene rings is 1. The largest absolute Gasteiger partial charge is 0.377 e. The standard InChI is InChI=1S/C19H33NO/c1-4-5-6-7-8-13-21-16-19-11-9-18(10-12-19)15-20-14-17(2)3/h9-12,17,20H,4-8,13-16H2,1-3H3. The van der Waals surface area contributed by atoms with E-state index >= 15 is 0 Å². The molecule has 0 radical (unpaired) electrons. The number of hydrogen-bond donors (Lipinski definition) is 1. The minimum absolute atomic E-state index is 0.704. The van der Waals surface area contributed by atoms with Crippen molar-refractivity contribution in [3.05, 3.63) is 35.4 Å². The molecule has 21 heavy (non-hydrogen) atoms. The molecule has 2 heteroatoms. The first kappa shape index (κ1) is 18.2. The highest BCUT2D eigenvalue weighted by molar-refractivity contribution is 5.21. The molecule has 0 unspecified atom stereocenters. The summed E-state index contributed by atoms with van der Waals surface area (Å²) in [5, 5.41) is 3.47. The van der Waals surface area contributed by atoms with Crippen LogP contribution in [0.25, 0.3) is 0 Å². The van der Waals surface area contributed by atoms with Crippen LogP contribution in [0.15, 0.2) is 24.3 Å². The van der Waals surface area contributed by atoms with Gasteiger partial charge in [-0.05, 0) is 30.0 Å². The van der Waals surface area contributed by atoms with Crippen LogP contribution in [0.4, 0.5) is 0 Å². The van der Waals surface area contributed by atoms with Gasteiger partial charge >= 0.3 is 0 Å². The Labute approximate surface area is 131 Å². The van der Waals surface area contributed by atoms with Gasteiger partial charge < -0.3 is 10.1 Å². The maximum absolute atomic E-state index is 5.74. The Morgan fingerprint density at radius 1 is 0.952 bits per heavy atom. The predicted octanol–water partition coefficient (Wildman–Crippen LogP) is 4.92. The zero-order valence-corrected chi connectivity index (χ0v) is 14.2. The molecule has 0 aliphatic rings. The van der Waals surface area contributed by atoms with Gasteiger partial charge in [-0.25, -0.2) is 0 Å². The number of nitrogens with one attached hydrogen (secondary N) is 1. The van der Waals surface area contributed by atoms with Crippen LogP contribution >= 0.6 is 0 Å². The van der Waals surface area contributed by atoms with Gasteiger partial charge in [0.05, 0.1) is 6.61 Å². The summed E-state index contributed by atoms with van der Waals surface area (Å²) >= 11 is 0. The van der Waals surface area contributed by atoms with Crippen LogP contribution < -0.4 is 5.32 Å². The van der Waals surface area contributed by atoms with Gasteiger partial charge in [-0.1, -0.05) is 70.7 Å². The summed E-state index contributed by atoms with van der Waals surface area (Å²) in [5.74, 6) is 0.704. The van der Waals surface area contributed by atoms with Crippen LogP contribution in [0.3, 0.4) is 0 Å². The van der Waals surface area contributed by atoms with Crippen molar-refractivity contribution in [3.63, 3.8) is 0 Å². The highest BCUT2D eigenvalue weighted by Crippen LogP contribution is 2.07. The third-order valence-electron chi connectivity index (χ3n) is 3.57. The normalized spacial score (nSPS) is 11.2. The lowest BCUT2D eigenvalue weighted by atomic mass is 10.1. The molecule has 0 bridgehead atoms. The molecule has 0 aromatic heterocycles. The van der Waals surface area contributed by atoms with Crippen molar-refractivity contribution < 1.29 is 4.74 Å². The molecule has 1 aromatic carbocycles. The third kappa shape index (κ3) is 9.65. The first-order valence-electron chi connectivity index (χ1n) is 8.58. The molecule has 0 saturated carbocycles. The SMILES string of the molecule is CCCCCCCOCc1ccc(CNCC(C)C)cc1. The average Bonchev–Trinajstić information content (AvgIpc) is 2.47. The topological polar surface area (TPSA) is 21.3 Å².